The minimum absolute atomic E-state index is 0.00403. The molecule has 0 aliphatic carbocycles. The van der Waals surface area contributed by atoms with Gasteiger partial charge in [-0.2, -0.15) is 13.2 Å². The van der Waals surface area contributed by atoms with E-state index in [2.05, 4.69) is 5.32 Å². The number of alkyl halides is 3. The van der Waals surface area contributed by atoms with Crippen molar-refractivity contribution in [2.24, 2.45) is 0 Å². The van der Waals surface area contributed by atoms with Crippen molar-refractivity contribution in [3.05, 3.63) is 0 Å². The molecular formula is C11H20F3N3O2. The van der Waals surface area contributed by atoms with Crippen molar-refractivity contribution >= 4 is 11.8 Å². The van der Waals surface area contributed by atoms with Crippen molar-refractivity contribution in [1.29, 1.82) is 0 Å². The molecule has 0 aromatic rings. The molecule has 0 saturated carbocycles. The highest BCUT2D eigenvalue weighted by Crippen LogP contribution is 2.15. The second-order valence-corrected chi connectivity index (χ2v) is 4.12. The van der Waals surface area contributed by atoms with Crippen LogP contribution in [0, 0.1) is 0 Å². The number of halogens is 3. The zero-order chi connectivity index (χ0) is 15.1. The van der Waals surface area contributed by atoms with E-state index in [1.165, 1.54) is 4.90 Å². The average Bonchev–Trinajstić information content (AvgIpc) is 2.25. The number of hydrogen-bond acceptors (Lipinski definition) is 3. The Balaban J connectivity index is 4.30. The first-order valence-corrected chi connectivity index (χ1v) is 5.99. The Labute approximate surface area is 110 Å². The van der Waals surface area contributed by atoms with E-state index in [0.29, 0.717) is 18.0 Å². The van der Waals surface area contributed by atoms with Gasteiger partial charge < -0.3 is 10.2 Å². The fraction of sp³-hybridized carbons (Fsp3) is 0.818. The molecule has 19 heavy (non-hydrogen) atoms. The lowest BCUT2D eigenvalue weighted by molar-refractivity contribution is -0.159. The van der Waals surface area contributed by atoms with Crippen LogP contribution in [0.2, 0.25) is 0 Å². The molecule has 0 aliphatic heterocycles. The monoisotopic (exact) mass is 283 g/mol. The SMILES string of the molecule is CCNC(=O)CN(CC)CC(=O)N(C)CC(F)(F)F. The predicted molar refractivity (Wildman–Crippen MR) is 64.5 cm³/mol. The van der Waals surface area contributed by atoms with Gasteiger partial charge in [-0.05, 0) is 13.5 Å². The Bertz CT molecular complexity index is 308. The van der Waals surface area contributed by atoms with Gasteiger partial charge >= 0.3 is 6.18 Å². The van der Waals surface area contributed by atoms with Crippen LogP contribution < -0.4 is 5.32 Å². The van der Waals surface area contributed by atoms with Crippen LogP contribution in [0.5, 0.6) is 0 Å². The number of nitrogens with zero attached hydrogens (tertiary/aromatic N) is 2. The fourth-order valence-corrected chi connectivity index (χ4v) is 1.40. The van der Waals surface area contributed by atoms with E-state index < -0.39 is 18.6 Å². The van der Waals surface area contributed by atoms with E-state index >= 15 is 0 Å². The van der Waals surface area contributed by atoms with E-state index in [-0.39, 0.29) is 19.0 Å². The molecule has 5 nitrogen and oxygen atoms in total. The number of rotatable bonds is 7. The van der Waals surface area contributed by atoms with Crippen LogP contribution >= 0.6 is 0 Å². The maximum Gasteiger partial charge on any atom is 0.406 e. The number of amides is 2. The predicted octanol–water partition coefficient (Wildman–Crippen LogP) is 0.465. The fourth-order valence-electron chi connectivity index (χ4n) is 1.40. The summed E-state index contributed by atoms with van der Waals surface area (Å²) in [5.41, 5.74) is 0. The Morgan fingerprint density at radius 2 is 1.74 bits per heavy atom. The Hall–Kier alpha value is -1.31. The topological polar surface area (TPSA) is 52.7 Å². The van der Waals surface area contributed by atoms with Gasteiger partial charge in [-0.15, -0.1) is 0 Å². The summed E-state index contributed by atoms with van der Waals surface area (Å²) in [4.78, 5) is 25.0. The highest BCUT2D eigenvalue weighted by molar-refractivity contribution is 5.81. The van der Waals surface area contributed by atoms with Crippen molar-refractivity contribution in [2.45, 2.75) is 20.0 Å². The molecule has 0 aromatic heterocycles. The van der Waals surface area contributed by atoms with Crippen molar-refractivity contribution in [2.75, 3.05) is 39.8 Å². The third-order valence-corrected chi connectivity index (χ3v) is 2.39. The standard InChI is InChI=1S/C11H20F3N3O2/c1-4-15-9(18)6-17(5-2)7-10(19)16(3)8-11(12,13)14/h4-8H2,1-3H3,(H,15,18). The van der Waals surface area contributed by atoms with E-state index in [4.69, 9.17) is 0 Å². The lowest BCUT2D eigenvalue weighted by Crippen LogP contribution is -2.45. The van der Waals surface area contributed by atoms with Crippen molar-refractivity contribution in [3.63, 3.8) is 0 Å². The van der Waals surface area contributed by atoms with Crippen LogP contribution in [-0.2, 0) is 9.59 Å². The quantitative estimate of drug-likeness (QED) is 0.739. The average molecular weight is 283 g/mol. The summed E-state index contributed by atoms with van der Waals surface area (Å²) >= 11 is 0. The van der Waals surface area contributed by atoms with Crippen molar-refractivity contribution in [1.82, 2.24) is 15.1 Å². The van der Waals surface area contributed by atoms with Crippen LogP contribution in [-0.4, -0.2) is 67.6 Å². The Morgan fingerprint density at radius 1 is 1.16 bits per heavy atom. The maximum atomic E-state index is 12.1. The normalized spacial score (nSPS) is 11.5. The van der Waals surface area contributed by atoms with Gasteiger partial charge in [0.25, 0.3) is 0 Å². The molecule has 0 radical (unpaired) electrons. The zero-order valence-electron chi connectivity index (χ0n) is 11.4. The lowest BCUT2D eigenvalue weighted by Gasteiger charge is -2.24. The highest BCUT2D eigenvalue weighted by atomic mass is 19.4. The van der Waals surface area contributed by atoms with E-state index in [0.717, 1.165) is 7.05 Å². The molecule has 0 aromatic carbocycles. The first-order chi connectivity index (χ1) is 8.69. The number of likely N-dealkylation sites (N-methyl/N-ethyl adjacent to an activating group) is 3. The third-order valence-electron chi connectivity index (χ3n) is 2.39. The van der Waals surface area contributed by atoms with Gasteiger partial charge in [0.2, 0.25) is 11.8 Å². The summed E-state index contributed by atoms with van der Waals surface area (Å²) in [7, 11) is 1.09. The van der Waals surface area contributed by atoms with E-state index in [9.17, 15) is 22.8 Å². The van der Waals surface area contributed by atoms with Gasteiger partial charge in [0, 0.05) is 13.6 Å². The van der Waals surface area contributed by atoms with E-state index in [1.54, 1.807) is 13.8 Å². The second-order valence-electron chi connectivity index (χ2n) is 4.12. The molecule has 0 bridgehead atoms. The smallest absolute Gasteiger partial charge is 0.355 e. The minimum Gasteiger partial charge on any atom is -0.355 e. The molecule has 2 amide bonds. The van der Waals surface area contributed by atoms with Crippen LogP contribution in [0.4, 0.5) is 13.2 Å². The molecule has 8 heteroatoms. The highest BCUT2D eigenvalue weighted by Gasteiger charge is 2.31. The number of hydrogen-bond donors (Lipinski definition) is 1. The van der Waals surface area contributed by atoms with Gasteiger partial charge in [0.15, 0.2) is 0 Å². The largest absolute Gasteiger partial charge is 0.406 e. The molecule has 112 valence electrons. The third kappa shape index (κ3) is 8.41. The van der Waals surface area contributed by atoms with Crippen LogP contribution in [0.1, 0.15) is 13.8 Å². The molecule has 0 atom stereocenters. The summed E-state index contributed by atoms with van der Waals surface area (Å²) in [6, 6.07) is 0. The molecule has 0 heterocycles. The Morgan fingerprint density at radius 3 is 2.16 bits per heavy atom. The molecule has 0 unspecified atom stereocenters. The summed E-state index contributed by atoms with van der Waals surface area (Å²) in [6.07, 6.45) is -4.42. The summed E-state index contributed by atoms with van der Waals surface area (Å²) in [6.45, 7) is 2.87. The molecular weight excluding hydrogens is 263 g/mol. The second kappa shape index (κ2) is 7.98. The van der Waals surface area contributed by atoms with Gasteiger partial charge in [-0.3, -0.25) is 14.5 Å². The molecule has 1 N–H and O–H groups in total. The number of carbonyl (C=O) groups excluding carboxylic acids is 2. The van der Waals surface area contributed by atoms with Gasteiger partial charge in [0.1, 0.15) is 6.54 Å². The molecule has 0 saturated heterocycles. The van der Waals surface area contributed by atoms with Crippen LogP contribution in [0.3, 0.4) is 0 Å². The van der Waals surface area contributed by atoms with Crippen LogP contribution in [0.25, 0.3) is 0 Å². The number of carbonyl (C=O) groups is 2. The molecule has 0 spiro atoms. The zero-order valence-corrected chi connectivity index (χ0v) is 11.4. The van der Waals surface area contributed by atoms with Gasteiger partial charge in [-0.1, -0.05) is 6.92 Å². The van der Waals surface area contributed by atoms with Crippen molar-refractivity contribution < 1.29 is 22.8 Å². The maximum absolute atomic E-state index is 12.1. The van der Waals surface area contributed by atoms with E-state index in [1.807, 2.05) is 0 Å². The summed E-state index contributed by atoms with van der Waals surface area (Å²) in [5, 5.41) is 2.57. The molecule has 0 fully saturated rings. The minimum atomic E-state index is -4.42. The van der Waals surface area contributed by atoms with Gasteiger partial charge in [-0.25, -0.2) is 0 Å². The summed E-state index contributed by atoms with van der Waals surface area (Å²) < 4.78 is 36.4. The van der Waals surface area contributed by atoms with Crippen molar-refractivity contribution in [3.8, 4) is 0 Å². The first-order valence-electron chi connectivity index (χ1n) is 5.99. The number of nitrogens with one attached hydrogen (secondary N) is 1. The molecule has 0 aliphatic rings. The lowest BCUT2D eigenvalue weighted by atomic mass is 10.4. The molecule has 0 rings (SSSR count). The Kier molecular flexibility index (Phi) is 7.43. The first kappa shape index (κ1) is 17.7. The van der Waals surface area contributed by atoms with Crippen LogP contribution in [0.15, 0.2) is 0 Å². The summed E-state index contributed by atoms with van der Waals surface area (Å²) in [5.74, 6) is -0.918. The van der Waals surface area contributed by atoms with Gasteiger partial charge in [0.05, 0.1) is 13.1 Å².